The molecule has 0 saturated carbocycles. The minimum absolute atomic E-state index is 0.528. The van der Waals surface area contributed by atoms with Crippen LogP contribution in [0.3, 0.4) is 0 Å². The van der Waals surface area contributed by atoms with Gasteiger partial charge in [-0.15, -0.1) is 0 Å². The summed E-state index contributed by atoms with van der Waals surface area (Å²) < 4.78 is 7.61. The van der Waals surface area contributed by atoms with Crippen LogP contribution in [0.15, 0.2) is 48.8 Å². The van der Waals surface area contributed by atoms with Crippen LogP contribution in [-0.2, 0) is 13.7 Å². The molecule has 0 fully saturated rings. The number of benzene rings is 1. The monoisotopic (exact) mass is 225 g/mol. The molecule has 1 aromatic heterocycles. The van der Waals surface area contributed by atoms with E-state index in [-0.39, 0.29) is 0 Å². The van der Waals surface area contributed by atoms with Crippen LogP contribution >= 0.6 is 0 Å². The molecular formula is C14H13N2O+. The van der Waals surface area contributed by atoms with Crippen molar-refractivity contribution in [2.75, 3.05) is 0 Å². The first-order valence-electron chi connectivity index (χ1n) is 5.35. The summed E-state index contributed by atoms with van der Waals surface area (Å²) in [7, 11) is 1.98. The molecule has 2 rings (SSSR count). The Kier molecular flexibility index (Phi) is 3.37. The summed E-state index contributed by atoms with van der Waals surface area (Å²) in [6, 6.07) is 13.2. The third kappa shape index (κ3) is 3.05. The maximum Gasteiger partial charge on any atom is 0.175 e. The van der Waals surface area contributed by atoms with E-state index >= 15 is 0 Å². The van der Waals surface area contributed by atoms with Gasteiger partial charge in [-0.2, -0.15) is 5.26 Å². The highest BCUT2D eigenvalue weighted by Crippen LogP contribution is 2.13. The van der Waals surface area contributed by atoms with Crippen molar-refractivity contribution in [1.82, 2.24) is 0 Å². The van der Waals surface area contributed by atoms with E-state index in [1.807, 2.05) is 48.3 Å². The maximum absolute atomic E-state index is 8.67. The van der Waals surface area contributed by atoms with E-state index < -0.39 is 0 Å². The van der Waals surface area contributed by atoms with Crippen LogP contribution in [0.25, 0.3) is 0 Å². The third-order valence-corrected chi connectivity index (χ3v) is 2.39. The van der Waals surface area contributed by atoms with Crippen molar-refractivity contribution in [3.8, 4) is 11.8 Å². The van der Waals surface area contributed by atoms with Crippen LogP contribution in [-0.4, -0.2) is 0 Å². The standard InChI is InChI=1S/C14H13N2O/c1-16-8-2-3-13(10-16)11-17-14-6-4-12(9-15)5-7-14/h2-8,10H,11H2,1H3/q+1. The van der Waals surface area contributed by atoms with Gasteiger partial charge in [-0.1, -0.05) is 0 Å². The summed E-state index contributed by atoms with van der Waals surface area (Å²) in [5, 5.41) is 8.67. The summed E-state index contributed by atoms with van der Waals surface area (Å²) in [6.45, 7) is 0.528. The van der Waals surface area contributed by atoms with Gasteiger partial charge < -0.3 is 4.74 Å². The summed E-state index contributed by atoms with van der Waals surface area (Å²) in [4.78, 5) is 0. The lowest BCUT2D eigenvalue weighted by atomic mass is 10.2. The molecule has 0 aliphatic carbocycles. The van der Waals surface area contributed by atoms with E-state index in [1.165, 1.54) is 0 Å². The SMILES string of the molecule is C[n+]1cccc(COc2ccc(C#N)cc2)c1. The highest BCUT2D eigenvalue weighted by molar-refractivity contribution is 5.34. The lowest BCUT2D eigenvalue weighted by Gasteiger charge is -2.04. The summed E-state index contributed by atoms with van der Waals surface area (Å²) >= 11 is 0. The number of nitrogens with zero attached hydrogens (tertiary/aromatic N) is 2. The van der Waals surface area contributed by atoms with Crippen LogP contribution in [0, 0.1) is 11.3 Å². The number of pyridine rings is 1. The van der Waals surface area contributed by atoms with Gasteiger partial charge in [0.15, 0.2) is 12.4 Å². The summed E-state index contributed by atoms with van der Waals surface area (Å²) in [5.74, 6) is 0.774. The predicted molar refractivity (Wildman–Crippen MR) is 63.1 cm³/mol. The fourth-order valence-corrected chi connectivity index (χ4v) is 1.53. The molecule has 0 aliphatic heterocycles. The fraction of sp³-hybridized carbons (Fsp3) is 0.143. The largest absolute Gasteiger partial charge is 0.489 e. The molecule has 0 bridgehead atoms. The Morgan fingerprint density at radius 1 is 1.24 bits per heavy atom. The number of rotatable bonds is 3. The highest BCUT2D eigenvalue weighted by atomic mass is 16.5. The Morgan fingerprint density at radius 3 is 2.65 bits per heavy atom. The summed E-state index contributed by atoms with van der Waals surface area (Å²) in [6.07, 6.45) is 3.99. The average molecular weight is 225 g/mol. The van der Waals surface area contributed by atoms with E-state index in [0.717, 1.165) is 11.3 Å². The number of nitriles is 1. The number of hydrogen-bond donors (Lipinski definition) is 0. The van der Waals surface area contributed by atoms with Crippen molar-refractivity contribution >= 4 is 0 Å². The molecule has 0 N–H and O–H groups in total. The second-order valence-corrected chi connectivity index (χ2v) is 3.80. The van der Waals surface area contributed by atoms with Crippen LogP contribution in [0.2, 0.25) is 0 Å². The smallest absolute Gasteiger partial charge is 0.175 e. The van der Waals surface area contributed by atoms with E-state index in [9.17, 15) is 0 Å². The normalized spacial score (nSPS) is 9.65. The summed E-state index contributed by atoms with van der Waals surface area (Å²) in [5.41, 5.74) is 1.75. The lowest BCUT2D eigenvalue weighted by molar-refractivity contribution is -0.672. The van der Waals surface area contributed by atoms with Gasteiger partial charge in [0.05, 0.1) is 17.2 Å². The molecule has 3 heteroatoms. The molecule has 1 aromatic carbocycles. The average Bonchev–Trinajstić information content (AvgIpc) is 2.37. The molecule has 0 radical (unpaired) electrons. The second-order valence-electron chi connectivity index (χ2n) is 3.80. The number of aromatic nitrogens is 1. The second kappa shape index (κ2) is 5.13. The van der Waals surface area contributed by atoms with Gasteiger partial charge in [-0.25, -0.2) is 4.57 Å². The molecule has 0 amide bonds. The number of aryl methyl sites for hydroxylation is 1. The van der Waals surface area contributed by atoms with Crippen molar-refractivity contribution in [3.05, 3.63) is 59.9 Å². The molecule has 1 heterocycles. The molecule has 0 saturated heterocycles. The van der Waals surface area contributed by atoms with Crippen LogP contribution in [0.5, 0.6) is 5.75 Å². The minimum atomic E-state index is 0.528. The number of hydrogen-bond acceptors (Lipinski definition) is 2. The van der Waals surface area contributed by atoms with Crippen LogP contribution in [0.1, 0.15) is 11.1 Å². The van der Waals surface area contributed by atoms with Gasteiger partial charge >= 0.3 is 0 Å². The molecule has 0 atom stereocenters. The van der Waals surface area contributed by atoms with Gasteiger partial charge in [-0.05, 0) is 30.3 Å². The van der Waals surface area contributed by atoms with Crippen molar-refractivity contribution in [2.45, 2.75) is 6.61 Å². The topological polar surface area (TPSA) is 36.9 Å². The molecule has 0 spiro atoms. The van der Waals surface area contributed by atoms with E-state index in [4.69, 9.17) is 10.00 Å². The van der Waals surface area contributed by atoms with Crippen molar-refractivity contribution in [2.24, 2.45) is 7.05 Å². The van der Waals surface area contributed by atoms with Crippen molar-refractivity contribution in [1.29, 1.82) is 5.26 Å². The molecular weight excluding hydrogens is 212 g/mol. The molecule has 3 nitrogen and oxygen atoms in total. The molecule has 17 heavy (non-hydrogen) atoms. The minimum Gasteiger partial charge on any atom is -0.489 e. The molecule has 84 valence electrons. The molecule has 2 aromatic rings. The Bertz CT molecular complexity index is 541. The highest BCUT2D eigenvalue weighted by Gasteiger charge is 2.00. The van der Waals surface area contributed by atoms with Gasteiger partial charge in [0.2, 0.25) is 0 Å². The van der Waals surface area contributed by atoms with Gasteiger partial charge in [0.25, 0.3) is 0 Å². The zero-order valence-electron chi connectivity index (χ0n) is 9.63. The Balaban J connectivity index is 2.00. The van der Waals surface area contributed by atoms with Crippen molar-refractivity contribution in [3.63, 3.8) is 0 Å². The Hall–Kier alpha value is -2.34. The van der Waals surface area contributed by atoms with Gasteiger partial charge in [0, 0.05) is 6.07 Å². The van der Waals surface area contributed by atoms with E-state index in [2.05, 4.69) is 6.07 Å². The quantitative estimate of drug-likeness (QED) is 0.749. The number of ether oxygens (including phenoxy) is 1. The van der Waals surface area contributed by atoms with Crippen LogP contribution < -0.4 is 9.30 Å². The van der Waals surface area contributed by atoms with E-state index in [1.54, 1.807) is 12.1 Å². The van der Waals surface area contributed by atoms with Crippen molar-refractivity contribution < 1.29 is 9.30 Å². The lowest BCUT2D eigenvalue weighted by Crippen LogP contribution is -2.27. The Labute approximate surface area is 101 Å². The first-order chi connectivity index (χ1) is 8.28. The third-order valence-electron chi connectivity index (χ3n) is 2.39. The first kappa shape index (κ1) is 11.2. The molecule has 0 unspecified atom stereocenters. The van der Waals surface area contributed by atoms with Crippen LogP contribution in [0.4, 0.5) is 0 Å². The first-order valence-corrected chi connectivity index (χ1v) is 5.35. The molecule has 0 aliphatic rings. The predicted octanol–water partition coefficient (Wildman–Crippen LogP) is 1.96. The zero-order valence-corrected chi connectivity index (χ0v) is 9.63. The van der Waals surface area contributed by atoms with Gasteiger partial charge in [-0.3, -0.25) is 0 Å². The maximum atomic E-state index is 8.67. The van der Waals surface area contributed by atoms with E-state index in [0.29, 0.717) is 12.2 Å². The van der Waals surface area contributed by atoms with Gasteiger partial charge in [0.1, 0.15) is 19.4 Å². The zero-order chi connectivity index (χ0) is 12.1. The fourth-order valence-electron chi connectivity index (χ4n) is 1.53. The Morgan fingerprint density at radius 2 is 2.00 bits per heavy atom.